The van der Waals surface area contributed by atoms with Crippen molar-refractivity contribution in [3.05, 3.63) is 34.9 Å². The Morgan fingerprint density at radius 1 is 1.28 bits per heavy atom. The second-order valence-corrected chi connectivity index (χ2v) is 8.74. The maximum absolute atomic E-state index is 12.6. The van der Waals surface area contributed by atoms with Gasteiger partial charge in [0.05, 0.1) is 12.5 Å². The van der Waals surface area contributed by atoms with E-state index < -0.39 is 11.0 Å². The van der Waals surface area contributed by atoms with E-state index in [0.29, 0.717) is 5.92 Å². The van der Waals surface area contributed by atoms with Gasteiger partial charge in [0.1, 0.15) is 5.60 Å². The predicted molar refractivity (Wildman–Crippen MR) is 96.3 cm³/mol. The molecule has 1 saturated carbocycles. The van der Waals surface area contributed by atoms with Gasteiger partial charge in [0.2, 0.25) is 0 Å². The average molecular weight is 346 g/mol. The molecule has 1 aromatic carbocycles. The van der Waals surface area contributed by atoms with Crippen LogP contribution in [0.5, 0.6) is 0 Å². The van der Waals surface area contributed by atoms with Crippen molar-refractivity contribution in [2.75, 3.05) is 7.11 Å². The Kier molecular flexibility index (Phi) is 4.49. The predicted octanol–water partition coefficient (Wildman–Crippen LogP) is 4.59. The largest absolute Gasteiger partial charge is 0.469 e. The minimum atomic E-state index is -0.722. The molecular weight excluding hydrogens is 316 g/mol. The van der Waals surface area contributed by atoms with Crippen LogP contribution in [-0.2, 0) is 31.9 Å². The molecule has 0 aliphatic heterocycles. The normalized spacial score (nSPS) is 31.8. The van der Waals surface area contributed by atoms with Crippen molar-refractivity contribution in [1.29, 1.82) is 0 Å². The summed E-state index contributed by atoms with van der Waals surface area (Å²) < 4.78 is 5.17. The summed E-state index contributed by atoms with van der Waals surface area (Å²) in [6.07, 6.45) is 4.96. The number of ether oxygens (including phenoxy) is 1. The number of carbonyl (C=O) groups excluding carboxylic acids is 1. The first kappa shape index (κ1) is 18.4. The molecule has 1 aromatic rings. The maximum atomic E-state index is 12.6. The molecule has 25 heavy (non-hydrogen) atoms. The van der Waals surface area contributed by atoms with Crippen molar-refractivity contribution in [3.63, 3.8) is 0 Å². The highest BCUT2D eigenvalue weighted by molar-refractivity contribution is 5.77. The molecule has 4 heteroatoms. The van der Waals surface area contributed by atoms with Crippen LogP contribution in [0.2, 0.25) is 0 Å². The first-order valence-corrected chi connectivity index (χ1v) is 9.24. The van der Waals surface area contributed by atoms with Gasteiger partial charge in [0, 0.05) is 0 Å². The van der Waals surface area contributed by atoms with Crippen molar-refractivity contribution in [1.82, 2.24) is 0 Å². The van der Waals surface area contributed by atoms with Crippen LogP contribution in [0.3, 0.4) is 0 Å². The molecule has 0 heterocycles. The number of rotatable bonds is 3. The number of methoxy groups -OCH3 is 1. The summed E-state index contributed by atoms with van der Waals surface area (Å²) in [4.78, 5) is 17.2. The van der Waals surface area contributed by atoms with E-state index >= 15 is 0 Å². The fourth-order valence-electron chi connectivity index (χ4n) is 5.40. The zero-order valence-corrected chi connectivity index (χ0v) is 16.0. The quantitative estimate of drug-likeness (QED) is 0.494. The van der Waals surface area contributed by atoms with Gasteiger partial charge in [-0.05, 0) is 74.5 Å². The van der Waals surface area contributed by atoms with Gasteiger partial charge in [-0.2, -0.15) is 0 Å². The molecular formula is C21H30O4. The molecule has 3 rings (SSSR count). The molecule has 4 nitrogen and oxygen atoms in total. The third kappa shape index (κ3) is 2.70. The highest BCUT2D eigenvalue weighted by Gasteiger charge is 2.55. The van der Waals surface area contributed by atoms with Gasteiger partial charge in [-0.1, -0.05) is 31.5 Å². The van der Waals surface area contributed by atoms with Gasteiger partial charge in [0.15, 0.2) is 0 Å². The zero-order valence-electron chi connectivity index (χ0n) is 16.0. The molecule has 3 atom stereocenters. The second-order valence-electron chi connectivity index (χ2n) is 8.74. The number of carbonyl (C=O) groups is 1. The van der Waals surface area contributed by atoms with Crippen LogP contribution in [0.4, 0.5) is 0 Å². The number of hydrogen-bond acceptors (Lipinski definition) is 4. The zero-order chi connectivity index (χ0) is 18.5. The van der Waals surface area contributed by atoms with Gasteiger partial charge in [-0.15, -0.1) is 0 Å². The number of fused-ring (bicyclic) bond motifs is 3. The van der Waals surface area contributed by atoms with E-state index in [-0.39, 0.29) is 11.4 Å². The molecule has 2 aliphatic rings. The van der Waals surface area contributed by atoms with Crippen LogP contribution >= 0.6 is 0 Å². The Labute approximate surface area is 150 Å². The van der Waals surface area contributed by atoms with E-state index in [2.05, 4.69) is 30.9 Å². The van der Waals surface area contributed by atoms with Crippen LogP contribution in [-0.4, -0.2) is 18.3 Å². The molecule has 138 valence electrons. The Balaban J connectivity index is 2.05. The minimum Gasteiger partial charge on any atom is -0.469 e. The van der Waals surface area contributed by atoms with E-state index in [1.807, 2.05) is 19.9 Å². The van der Waals surface area contributed by atoms with Crippen LogP contribution in [0.1, 0.15) is 70.1 Å². The summed E-state index contributed by atoms with van der Waals surface area (Å²) in [5, 5.41) is 9.20. The van der Waals surface area contributed by atoms with Crippen molar-refractivity contribution in [2.24, 2.45) is 11.3 Å². The Morgan fingerprint density at radius 3 is 2.64 bits per heavy atom. The Bertz CT molecular complexity index is 680. The summed E-state index contributed by atoms with van der Waals surface area (Å²) in [7, 11) is 1.50. The molecule has 0 saturated heterocycles. The smallest absolute Gasteiger partial charge is 0.311 e. The lowest BCUT2D eigenvalue weighted by Gasteiger charge is -2.54. The van der Waals surface area contributed by atoms with E-state index in [4.69, 9.17) is 4.74 Å². The second kappa shape index (κ2) is 6.10. The molecule has 0 bridgehead atoms. The highest BCUT2D eigenvalue weighted by Crippen LogP contribution is 2.57. The molecule has 1 unspecified atom stereocenters. The van der Waals surface area contributed by atoms with Crippen molar-refractivity contribution in [3.8, 4) is 0 Å². The van der Waals surface area contributed by atoms with Gasteiger partial charge >= 0.3 is 5.97 Å². The molecule has 2 aliphatic carbocycles. The summed E-state index contributed by atoms with van der Waals surface area (Å²) >= 11 is 0. The van der Waals surface area contributed by atoms with Gasteiger partial charge < -0.3 is 4.74 Å². The third-order valence-electron chi connectivity index (χ3n) is 6.93. The summed E-state index contributed by atoms with van der Waals surface area (Å²) in [6, 6.07) is 6.39. The van der Waals surface area contributed by atoms with Crippen molar-refractivity contribution < 1.29 is 19.7 Å². The van der Waals surface area contributed by atoms with Crippen LogP contribution in [0, 0.1) is 11.3 Å². The third-order valence-corrected chi connectivity index (χ3v) is 6.93. The number of esters is 1. The fourth-order valence-corrected chi connectivity index (χ4v) is 5.40. The van der Waals surface area contributed by atoms with E-state index in [0.717, 1.165) is 37.7 Å². The maximum Gasteiger partial charge on any atom is 0.311 e. The van der Waals surface area contributed by atoms with E-state index in [1.54, 1.807) is 0 Å². The molecule has 1 N–H and O–H groups in total. The number of hydrogen-bond donors (Lipinski definition) is 1. The monoisotopic (exact) mass is 346 g/mol. The summed E-state index contributed by atoms with van der Waals surface area (Å²) in [5.74, 6) is 0.222. The SMILES string of the molecule is COC(=O)[C@]1(C)CCC[C@]2(C)c3ccc(C(C)(C)OO)cc3CCC12. The minimum absolute atomic E-state index is 0.0164. The molecule has 0 aromatic heterocycles. The first-order valence-electron chi connectivity index (χ1n) is 9.24. The number of benzene rings is 1. The van der Waals surface area contributed by atoms with Crippen LogP contribution in [0.25, 0.3) is 0 Å². The lowest BCUT2D eigenvalue weighted by Crippen LogP contribution is -2.52. The van der Waals surface area contributed by atoms with E-state index in [1.165, 1.54) is 18.2 Å². The summed E-state index contributed by atoms with van der Waals surface area (Å²) in [5.41, 5.74) is 2.48. The lowest BCUT2D eigenvalue weighted by atomic mass is 9.49. The molecule has 1 fully saturated rings. The van der Waals surface area contributed by atoms with Gasteiger partial charge in [0.25, 0.3) is 0 Å². The molecule has 0 amide bonds. The standard InChI is InChI=1S/C21H30O4/c1-19(2,25-23)15-8-9-16-14(13-15)7-10-17-20(16,3)11-6-12-21(17,4)18(22)24-5/h8-9,13,17,23H,6-7,10-12H2,1-5H3/t17?,20-,21-/m1/s1. The number of aryl methyl sites for hydroxylation is 1. The van der Waals surface area contributed by atoms with E-state index in [9.17, 15) is 10.1 Å². The van der Waals surface area contributed by atoms with Gasteiger partial charge in [-0.25, -0.2) is 4.89 Å². The molecule has 0 spiro atoms. The topological polar surface area (TPSA) is 55.8 Å². The van der Waals surface area contributed by atoms with Crippen molar-refractivity contribution in [2.45, 2.75) is 70.8 Å². The van der Waals surface area contributed by atoms with Gasteiger partial charge in [-0.3, -0.25) is 10.1 Å². The average Bonchev–Trinajstić information content (AvgIpc) is 2.60. The van der Waals surface area contributed by atoms with Crippen LogP contribution in [0.15, 0.2) is 18.2 Å². The molecule has 0 radical (unpaired) electrons. The lowest BCUT2D eigenvalue weighted by molar-refractivity contribution is -0.318. The van der Waals surface area contributed by atoms with Crippen LogP contribution < -0.4 is 0 Å². The highest BCUT2D eigenvalue weighted by atomic mass is 17.1. The fraction of sp³-hybridized carbons (Fsp3) is 0.667. The van der Waals surface area contributed by atoms with Crippen molar-refractivity contribution >= 4 is 5.97 Å². The summed E-state index contributed by atoms with van der Waals surface area (Å²) in [6.45, 7) is 8.11. The Hall–Kier alpha value is -1.39. The first-order chi connectivity index (χ1) is 11.7. The Morgan fingerprint density at radius 2 is 2.00 bits per heavy atom.